The van der Waals surface area contributed by atoms with E-state index in [1.54, 1.807) is 7.11 Å². The summed E-state index contributed by atoms with van der Waals surface area (Å²) in [6.07, 6.45) is -3.02. The molecule has 0 radical (unpaired) electrons. The number of Topliss-reactive ketones (excluding diaryl/α,β-unsaturated/α-hetero) is 1. The van der Waals surface area contributed by atoms with Crippen LogP contribution >= 0.6 is 0 Å². The lowest BCUT2D eigenvalue weighted by molar-refractivity contribution is -0.317. The van der Waals surface area contributed by atoms with E-state index < -0.39 is 30.7 Å². The SMILES string of the molecule is COCC(=O)C[C@H]1O[C@H](OC)[C@H](OCc2ccccc2)[C@@H](OCc2ccccc2)[C@@H]1OCc1ccccc1. The summed E-state index contributed by atoms with van der Waals surface area (Å²) in [7, 11) is 3.07. The van der Waals surface area contributed by atoms with Crippen molar-refractivity contribution in [2.75, 3.05) is 20.8 Å². The Morgan fingerprint density at radius 2 is 1.11 bits per heavy atom. The molecule has 1 heterocycles. The normalized spacial score (nSPS) is 23.3. The van der Waals surface area contributed by atoms with E-state index in [4.69, 9.17) is 28.4 Å². The van der Waals surface area contributed by atoms with Crippen molar-refractivity contribution in [2.45, 2.75) is 56.9 Å². The summed E-state index contributed by atoms with van der Waals surface area (Å²) in [5.41, 5.74) is 3.04. The average Bonchev–Trinajstić information content (AvgIpc) is 2.96. The molecule has 0 N–H and O–H groups in total. The average molecular weight is 521 g/mol. The van der Waals surface area contributed by atoms with Gasteiger partial charge in [-0.25, -0.2) is 0 Å². The second-order valence-corrected chi connectivity index (χ2v) is 9.24. The molecule has 1 saturated heterocycles. The Balaban J connectivity index is 1.61. The lowest BCUT2D eigenvalue weighted by Gasteiger charge is -2.45. The Kier molecular flexibility index (Phi) is 11.0. The highest BCUT2D eigenvalue weighted by Gasteiger charge is 2.49. The molecule has 0 bridgehead atoms. The summed E-state index contributed by atoms with van der Waals surface area (Å²) in [4.78, 5) is 12.6. The monoisotopic (exact) mass is 520 g/mol. The lowest BCUT2D eigenvalue weighted by atomic mass is 9.94. The van der Waals surface area contributed by atoms with E-state index >= 15 is 0 Å². The van der Waals surface area contributed by atoms with Crippen LogP contribution < -0.4 is 0 Å². The Labute approximate surface area is 224 Å². The number of carbonyl (C=O) groups excluding carboxylic acids is 1. The van der Waals surface area contributed by atoms with E-state index in [1.807, 2.05) is 91.0 Å². The van der Waals surface area contributed by atoms with Gasteiger partial charge in [-0.3, -0.25) is 4.79 Å². The standard InChI is InChI=1S/C31H36O7/c1-33-22-26(32)18-27-28(35-19-23-12-6-3-7-13-23)29(36-20-24-14-8-4-9-15-24)30(31(34-2)38-27)37-21-25-16-10-5-11-17-25/h3-17,27-31H,18-22H2,1-2H3/t27-,28-,29+,30-,31+/m1/s1. The first-order chi connectivity index (χ1) is 18.7. The Hall–Kier alpha value is -2.91. The topological polar surface area (TPSA) is 72.5 Å². The molecule has 0 aliphatic carbocycles. The van der Waals surface area contributed by atoms with E-state index in [0.717, 1.165) is 16.7 Å². The fraction of sp³-hybridized carbons (Fsp3) is 0.387. The van der Waals surface area contributed by atoms with Crippen molar-refractivity contribution in [2.24, 2.45) is 0 Å². The van der Waals surface area contributed by atoms with Crippen LogP contribution in [0.15, 0.2) is 91.0 Å². The fourth-order valence-electron chi connectivity index (χ4n) is 4.54. The molecule has 1 aliphatic rings. The maximum atomic E-state index is 12.6. The molecule has 7 heteroatoms. The van der Waals surface area contributed by atoms with Crippen LogP contribution in [0, 0.1) is 0 Å². The van der Waals surface area contributed by atoms with Gasteiger partial charge < -0.3 is 28.4 Å². The van der Waals surface area contributed by atoms with E-state index in [2.05, 4.69) is 0 Å². The largest absolute Gasteiger partial charge is 0.377 e. The third kappa shape index (κ3) is 8.04. The van der Waals surface area contributed by atoms with Crippen molar-refractivity contribution in [1.29, 1.82) is 0 Å². The van der Waals surface area contributed by atoms with Crippen LogP contribution in [0.2, 0.25) is 0 Å². The first-order valence-electron chi connectivity index (χ1n) is 12.8. The number of ether oxygens (including phenoxy) is 6. The van der Waals surface area contributed by atoms with Gasteiger partial charge in [-0.15, -0.1) is 0 Å². The van der Waals surface area contributed by atoms with Crippen LogP contribution in [-0.4, -0.2) is 57.3 Å². The molecule has 0 aromatic heterocycles. The van der Waals surface area contributed by atoms with Gasteiger partial charge in [0.2, 0.25) is 0 Å². The number of hydrogen-bond acceptors (Lipinski definition) is 7. The van der Waals surface area contributed by atoms with Crippen LogP contribution in [0.1, 0.15) is 23.1 Å². The molecule has 1 aliphatic heterocycles. The van der Waals surface area contributed by atoms with Crippen molar-refractivity contribution < 1.29 is 33.2 Å². The molecule has 0 unspecified atom stereocenters. The number of carbonyl (C=O) groups is 1. The zero-order valence-corrected chi connectivity index (χ0v) is 21.9. The van der Waals surface area contributed by atoms with Crippen molar-refractivity contribution in [3.05, 3.63) is 108 Å². The van der Waals surface area contributed by atoms with Crippen LogP contribution in [0.4, 0.5) is 0 Å². The molecule has 0 saturated carbocycles. The number of ketones is 1. The Morgan fingerprint density at radius 1 is 0.658 bits per heavy atom. The van der Waals surface area contributed by atoms with Crippen molar-refractivity contribution in [3.8, 4) is 0 Å². The van der Waals surface area contributed by atoms with Gasteiger partial charge in [0.15, 0.2) is 12.1 Å². The van der Waals surface area contributed by atoms with Crippen LogP contribution in [-0.2, 0) is 53.0 Å². The highest BCUT2D eigenvalue weighted by Crippen LogP contribution is 2.32. The Bertz CT molecular complexity index is 1080. The van der Waals surface area contributed by atoms with Gasteiger partial charge in [-0.1, -0.05) is 91.0 Å². The predicted octanol–water partition coefficient (Wildman–Crippen LogP) is 4.72. The molecule has 0 amide bonds. The molecular weight excluding hydrogens is 484 g/mol. The minimum Gasteiger partial charge on any atom is -0.377 e. The smallest absolute Gasteiger partial charge is 0.186 e. The summed E-state index contributed by atoms with van der Waals surface area (Å²) >= 11 is 0. The van der Waals surface area contributed by atoms with Crippen LogP contribution in [0.3, 0.4) is 0 Å². The third-order valence-electron chi connectivity index (χ3n) is 6.41. The number of methoxy groups -OCH3 is 2. The molecule has 3 aromatic rings. The maximum absolute atomic E-state index is 12.6. The van der Waals surface area contributed by atoms with Gasteiger partial charge in [0, 0.05) is 20.6 Å². The first-order valence-corrected chi connectivity index (χ1v) is 12.8. The molecule has 5 atom stereocenters. The molecule has 202 valence electrons. The molecule has 38 heavy (non-hydrogen) atoms. The van der Waals surface area contributed by atoms with E-state index in [9.17, 15) is 4.79 Å². The first kappa shape index (κ1) is 28.1. The predicted molar refractivity (Wildman–Crippen MR) is 142 cm³/mol. The van der Waals surface area contributed by atoms with E-state index in [1.165, 1.54) is 7.11 Å². The minimum atomic E-state index is -0.753. The van der Waals surface area contributed by atoms with Gasteiger partial charge in [0.25, 0.3) is 0 Å². The van der Waals surface area contributed by atoms with Crippen molar-refractivity contribution >= 4 is 5.78 Å². The lowest BCUT2D eigenvalue weighted by Crippen LogP contribution is -2.61. The highest BCUT2D eigenvalue weighted by atomic mass is 16.7. The zero-order chi connectivity index (χ0) is 26.6. The molecule has 7 nitrogen and oxygen atoms in total. The molecule has 0 spiro atoms. The summed E-state index contributed by atoms with van der Waals surface area (Å²) < 4.78 is 36.5. The van der Waals surface area contributed by atoms with Gasteiger partial charge in [-0.05, 0) is 16.7 Å². The third-order valence-corrected chi connectivity index (χ3v) is 6.41. The summed E-state index contributed by atoms with van der Waals surface area (Å²) in [6.45, 7) is 1.01. The van der Waals surface area contributed by atoms with Gasteiger partial charge >= 0.3 is 0 Å². The Morgan fingerprint density at radius 3 is 1.55 bits per heavy atom. The molecule has 4 rings (SSSR count). The number of hydrogen-bond donors (Lipinski definition) is 0. The number of benzene rings is 3. The number of rotatable bonds is 14. The zero-order valence-electron chi connectivity index (χ0n) is 21.9. The second kappa shape index (κ2) is 14.9. The van der Waals surface area contributed by atoms with Gasteiger partial charge in [0.05, 0.1) is 25.9 Å². The van der Waals surface area contributed by atoms with Crippen molar-refractivity contribution in [1.82, 2.24) is 0 Å². The van der Waals surface area contributed by atoms with Crippen LogP contribution in [0.25, 0.3) is 0 Å². The fourth-order valence-corrected chi connectivity index (χ4v) is 4.54. The maximum Gasteiger partial charge on any atom is 0.186 e. The van der Waals surface area contributed by atoms with Crippen LogP contribution in [0.5, 0.6) is 0 Å². The molecular formula is C31H36O7. The second-order valence-electron chi connectivity index (χ2n) is 9.24. The molecule has 1 fully saturated rings. The summed E-state index contributed by atoms with van der Waals surface area (Å²) in [5.74, 6) is -0.0915. The minimum absolute atomic E-state index is 0.00755. The van der Waals surface area contributed by atoms with Gasteiger partial charge in [0.1, 0.15) is 24.9 Å². The quantitative estimate of drug-likeness (QED) is 0.305. The summed E-state index contributed by atoms with van der Waals surface area (Å²) in [5, 5.41) is 0. The van der Waals surface area contributed by atoms with Gasteiger partial charge in [-0.2, -0.15) is 0 Å². The van der Waals surface area contributed by atoms with E-state index in [-0.39, 0.29) is 18.8 Å². The summed E-state index contributed by atoms with van der Waals surface area (Å²) in [6, 6.07) is 29.7. The molecule has 3 aromatic carbocycles. The highest BCUT2D eigenvalue weighted by molar-refractivity contribution is 5.80. The van der Waals surface area contributed by atoms with E-state index in [0.29, 0.717) is 19.8 Å². The van der Waals surface area contributed by atoms with Crippen molar-refractivity contribution in [3.63, 3.8) is 0 Å².